The van der Waals surface area contributed by atoms with Gasteiger partial charge in [-0.05, 0) is 42.8 Å². The van der Waals surface area contributed by atoms with Crippen molar-refractivity contribution in [3.63, 3.8) is 0 Å². The largest absolute Gasteiger partial charge is 0.322 e. The van der Waals surface area contributed by atoms with Gasteiger partial charge in [-0.25, -0.2) is 9.97 Å². The Bertz CT molecular complexity index is 1090. The van der Waals surface area contributed by atoms with Gasteiger partial charge in [-0.3, -0.25) is 4.79 Å². The number of aromatic nitrogens is 2. The van der Waals surface area contributed by atoms with Crippen LogP contribution in [0, 0.1) is 6.92 Å². The van der Waals surface area contributed by atoms with Gasteiger partial charge in [0.15, 0.2) is 0 Å². The normalized spacial score (nSPS) is 10.8. The molecule has 0 unspecified atom stereocenters. The lowest BCUT2D eigenvalue weighted by Crippen LogP contribution is -2.13. The fraction of sp³-hybridized carbons (Fsp3) is 0.0500. The quantitative estimate of drug-likeness (QED) is 0.506. The molecular weight excluding hydrogens is 366 g/mol. The van der Waals surface area contributed by atoms with E-state index in [4.69, 9.17) is 11.6 Å². The molecule has 0 saturated carbocycles. The minimum Gasteiger partial charge on any atom is -0.322 e. The lowest BCUT2D eigenvalue weighted by atomic mass is 10.1. The number of rotatable bonds is 3. The highest BCUT2D eigenvalue weighted by Crippen LogP contribution is 2.33. The Kier molecular flexibility index (Phi) is 4.41. The second-order valence-electron chi connectivity index (χ2n) is 5.76. The number of halogens is 1. The van der Waals surface area contributed by atoms with Crippen LogP contribution in [0.15, 0.2) is 60.8 Å². The number of nitrogens with one attached hydrogen (secondary N) is 1. The van der Waals surface area contributed by atoms with E-state index in [9.17, 15) is 4.79 Å². The van der Waals surface area contributed by atoms with E-state index in [1.54, 1.807) is 30.5 Å². The van der Waals surface area contributed by atoms with Crippen molar-refractivity contribution in [3.8, 4) is 10.6 Å². The summed E-state index contributed by atoms with van der Waals surface area (Å²) in [5.41, 5.74) is 3.98. The first-order valence-electron chi connectivity index (χ1n) is 8.01. The smallest absolute Gasteiger partial charge is 0.257 e. The molecule has 4 rings (SSSR count). The van der Waals surface area contributed by atoms with Gasteiger partial charge in [0.1, 0.15) is 15.4 Å². The number of carbonyl (C=O) groups excluding carboxylic acids is 1. The zero-order chi connectivity index (χ0) is 18.1. The molecule has 128 valence electrons. The summed E-state index contributed by atoms with van der Waals surface area (Å²) in [6.07, 6.45) is 1.76. The number of thiazole rings is 1. The Morgan fingerprint density at radius 2 is 1.92 bits per heavy atom. The molecule has 2 aromatic carbocycles. The molecule has 0 bridgehead atoms. The molecule has 26 heavy (non-hydrogen) atoms. The molecular formula is C20H14ClN3OS. The molecule has 1 N–H and O–H groups in total. The molecule has 2 heterocycles. The van der Waals surface area contributed by atoms with Gasteiger partial charge in [0, 0.05) is 17.4 Å². The third kappa shape index (κ3) is 3.07. The number of fused-ring (bicyclic) bond motifs is 1. The van der Waals surface area contributed by atoms with Crippen molar-refractivity contribution in [1.82, 2.24) is 9.97 Å². The molecule has 0 atom stereocenters. The number of hydrogen-bond donors (Lipinski definition) is 1. The summed E-state index contributed by atoms with van der Waals surface area (Å²) in [5.74, 6) is -0.234. The summed E-state index contributed by atoms with van der Waals surface area (Å²) >= 11 is 7.66. The Morgan fingerprint density at radius 1 is 1.08 bits per heavy atom. The van der Waals surface area contributed by atoms with Gasteiger partial charge in [-0.1, -0.05) is 47.2 Å². The van der Waals surface area contributed by atoms with Gasteiger partial charge in [0.25, 0.3) is 5.91 Å². The predicted octanol–water partition coefficient (Wildman–Crippen LogP) is 5.57. The van der Waals surface area contributed by atoms with Crippen molar-refractivity contribution >= 4 is 44.9 Å². The highest BCUT2D eigenvalue weighted by molar-refractivity contribution is 7.21. The minimum atomic E-state index is -0.234. The van der Waals surface area contributed by atoms with Crippen molar-refractivity contribution in [2.45, 2.75) is 6.92 Å². The lowest BCUT2D eigenvalue weighted by molar-refractivity contribution is 0.102. The second-order valence-corrected chi connectivity index (χ2v) is 7.14. The standard InChI is InChI=1S/C20H14ClN3OS/c1-12-13(19-24-17-10-5-11-22-20(17)26-19)7-4-9-16(12)23-18(25)14-6-2-3-8-15(14)21/h2-11H,1H3,(H,23,25). The highest BCUT2D eigenvalue weighted by atomic mass is 35.5. The monoisotopic (exact) mass is 379 g/mol. The molecule has 0 spiro atoms. The summed E-state index contributed by atoms with van der Waals surface area (Å²) in [4.78, 5) is 22.5. The average molecular weight is 380 g/mol. The number of pyridine rings is 1. The van der Waals surface area contributed by atoms with Crippen LogP contribution in [0.3, 0.4) is 0 Å². The zero-order valence-corrected chi connectivity index (χ0v) is 15.4. The summed E-state index contributed by atoms with van der Waals surface area (Å²) in [6, 6.07) is 16.6. The first-order chi connectivity index (χ1) is 12.6. The number of amides is 1. The van der Waals surface area contributed by atoms with Crippen molar-refractivity contribution < 1.29 is 4.79 Å². The minimum absolute atomic E-state index is 0.234. The molecule has 4 aromatic rings. The number of hydrogen-bond acceptors (Lipinski definition) is 4. The fourth-order valence-corrected chi connectivity index (χ4v) is 3.93. The average Bonchev–Trinajstić information content (AvgIpc) is 3.07. The molecule has 0 aliphatic carbocycles. The van der Waals surface area contributed by atoms with Gasteiger partial charge < -0.3 is 5.32 Å². The predicted molar refractivity (Wildman–Crippen MR) is 107 cm³/mol. The summed E-state index contributed by atoms with van der Waals surface area (Å²) in [6.45, 7) is 1.97. The molecule has 1 amide bonds. The third-order valence-electron chi connectivity index (χ3n) is 4.10. The molecule has 0 saturated heterocycles. The van der Waals surface area contributed by atoms with Crippen LogP contribution in [-0.2, 0) is 0 Å². The zero-order valence-electron chi connectivity index (χ0n) is 13.9. The number of benzene rings is 2. The highest BCUT2D eigenvalue weighted by Gasteiger charge is 2.15. The Labute approximate surface area is 159 Å². The number of carbonyl (C=O) groups is 1. The van der Waals surface area contributed by atoms with Crippen LogP contribution in [0.2, 0.25) is 5.02 Å². The van der Waals surface area contributed by atoms with Gasteiger partial charge >= 0.3 is 0 Å². The summed E-state index contributed by atoms with van der Waals surface area (Å²) in [5, 5.41) is 4.26. The molecule has 4 nitrogen and oxygen atoms in total. The Morgan fingerprint density at radius 3 is 2.73 bits per heavy atom. The third-order valence-corrected chi connectivity index (χ3v) is 5.44. The van der Waals surface area contributed by atoms with Crippen LogP contribution in [0.25, 0.3) is 20.9 Å². The van der Waals surface area contributed by atoms with Crippen molar-refractivity contribution in [2.75, 3.05) is 5.32 Å². The Balaban J connectivity index is 1.70. The van der Waals surface area contributed by atoms with Gasteiger partial charge in [-0.2, -0.15) is 0 Å². The van der Waals surface area contributed by atoms with Crippen molar-refractivity contribution in [3.05, 3.63) is 76.9 Å². The molecule has 6 heteroatoms. The van der Waals surface area contributed by atoms with Gasteiger partial charge in [0.2, 0.25) is 0 Å². The molecule has 0 fully saturated rings. The van der Waals surface area contributed by atoms with E-state index in [1.807, 2.05) is 37.3 Å². The van der Waals surface area contributed by atoms with Crippen molar-refractivity contribution in [2.24, 2.45) is 0 Å². The van der Waals surface area contributed by atoms with E-state index in [0.717, 1.165) is 32.2 Å². The van der Waals surface area contributed by atoms with Gasteiger partial charge in [-0.15, -0.1) is 0 Å². The lowest BCUT2D eigenvalue weighted by Gasteiger charge is -2.12. The van der Waals surface area contributed by atoms with Crippen LogP contribution < -0.4 is 5.32 Å². The summed E-state index contributed by atoms with van der Waals surface area (Å²) in [7, 11) is 0. The maximum Gasteiger partial charge on any atom is 0.257 e. The molecule has 0 aliphatic heterocycles. The number of nitrogens with zero attached hydrogens (tertiary/aromatic N) is 2. The summed E-state index contributed by atoms with van der Waals surface area (Å²) < 4.78 is 0. The number of anilines is 1. The van der Waals surface area contributed by atoms with E-state index in [-0.39, 0.29) is 5.91 Å². The SMILES string of the molecule is Cc1c(NC(=O)c2ccccc2Cl)cccc1-c1nc2cccnc2s1. The van der Waals surface area contributed by atoms with Crippen LogP contribution in [0.5, 0.6) is 0 Å². The molecule has 0 radical (unpaired) electrons. The van der Waals surface area contributed by atoms with Crippen molar-refractivity contribution in [1.29, 1.82) is 0 Å². The fourth-order valence-electron chi connectivity index (χ4n) is 2.72. The second kappa shape index (κ2) is 6.86. The Hall–Kier alpha value is -2.76. The van der Waals surface area contributed by atoms with Crippen LogP contribution in [0.4, 0.5) is 5.69 Å². The first-order valence-corrected chi connectivity index (χ1v) is 9.20. The maximum absolute atomic E-state index is 12.6. The van der Waals surface area contributed by atoms with Gasteiger partial charge in [0.05, 0.1) is 10.6 Å². The topological polar surface area (TPSA) is 54.9 Å². The van der Waals surface area contributed by atoms with E-state index in [0.29, 0.717) is 10.6 Å². The van der Waals surface area contributed by atoms with E-state index in [2.05, 4.69) is 15.3 Å². The van der Waals surface area contributed by atoms with Crippen LogP contribution >= 0.6 is 22.9 Å². The maximum atomic E-state index is 12.6. The molecule has 0 aliphatic rings. The van der Waals surface area contributed by atoms with E-state index < -0.39 is 0 Å². The first kappa shape index (κ1) is 16.7. The van der Waals surface area contributed by atoms with Crippen LogP contribution in [-0.4, -0.2) is 15.9 Å². The molecule has 2 aromatic heterocycles. The van der Waals surface area contributed by atoms with E-state index in [1.165, 1.54) is 11.3 Å². The van der Waals surface area contributed by atoms with Crippen LogP contribution in [0.1, 0.15) is 15.9 Å². The van der Waals surface area contributed by atoms with E-state index >= 15 is 0 Å².